The van der Waals surface area contributed by atoms with Crippen LogP contribution in [0.25, 0.3) is 0 Å². The molecular weight excluding hydrogens is 382 g/mol. The Bertz CT molecular complexity index is 487. The first-order chi connectivity index (χ1) is 12.2. The van der Waals surface area contributed by atoms with Crippen LogP contribution in [0.5, 0.6) is 0 Å². The van der Waals surface area contributed by atoms with Crippen LogP contribution in [0.1, 0.15) is 44.9 Å². The molecule has 0 saturated heterocycles. The molecule has 2 N–H and O–H groups in total. The molecule has 0 aromatic rings. The average molecular weight is 412 g/mol. The van der Waals surface area contributed by atoms with Crippen LogP contribution in [0, 0.1) is 11.8 Å². The molecule has 0 aromatic heterocycles. The van der Waals surface area contributed by atoms with Crippen LogP contribution in [0.3, 0.4) is 0 Å². The molecule has 1 saturated carbocycles. The van der Waals surface area contributed by atoms with Gasteiger partial charge in [0, 0.05) is 23.9 Å². The first-order valence-corrected chi connectivity index (χ1v) is 10.4. The average Bonchev–Trinajstić information content (AvgIpc) is 3.14. The fourth-order valence-electron chi connectivity index (χ4n) is 3.30. The first-order valence-electron chi connectivity index (χ1n) is 9.31. The van der Waals surface area contributed by atoms with Gasteiger partial charge in [0.1, 0.15) is 6.10 Å². The van der Waals surface area contributed by atoms with E-state index < -0.39 is 0 Å². The lowest BCUT2D eigenvalue weighted by molar-refractivity contribution is -0.114. The van der Waals surface area contributed by atoms with Gasteiger partial charge in [-0.25, -0.2) is 5.43 Å². The Labute approximate surface area is 159 Å². The van der Waals surface area contributed by atoms with Crippen LogP contribution >= 0.6 is 15.9 Å². The molecule has 2 rings (SSSR count). The summed E-state index contributed by atoms with van der Waals surface area (Å²) in [7, 11) is 0. The summed E-state index contributed by atoms with van der Waals surface area (Å²) < 4.78 is 5.98. The van der Waals surface area contributed by atoms with Gasteiger partial charge in [-0.1, -0.05) is 48.2 Å². The van der Waals surface area contributed by atoms with Crippen molar-refractivity contribution in [2.75, 3.05) is 18.4 Å². The van der Waals surface area contributed by atoms with E-state index in [0.717, 1.165) is 30.8 Å². The zero-order chi connectivity index (χ0) is 17.9. The molecule has 0 spiro atoms. The lowest BCUT2D eigenvalue weighted by atomic mass is 10.0. The Morgan fingerprint density at radius 1 is 1.48 bits per heavy atom. The maximum absolute atomic E-state index is 11.5. The normalized spacial score (nSPS) is 21.5. The summed E-state index contributed by atoms with van der Waals surface area (Å²) >= 11 is 3.52. The van der Waals surface area contributed by atoms with Gasteiger partial charge in [0.05, 0.1) is 0 Å². The SMILES string of the molecule is C=CC(=O)CC1C=NNC(OC(CBr)CCNCCC2CCCC2)=C1. The number of nitrogens with zero attached hydrogens (tertiary/aromatic N) is 1. The number of alkyl halides is 1. The molecule has 2 aliphatic rings. The van der Waals surface area contributed by atoms with Gasteiger partial charge < -0.3 is 10.1 Å². The number of hydrogen-bond acceptors (Lipinski definition) is 5. The van der Waals surface area contributed by atoms with Gasteiger partial charge in [0.25, 0.3) is 0 Å². The summed E-state index contributed by atoms with van der Waals surface area (Å²) in [6.45, 7) is 5.54. The number of allylic oxidation sites excluding steroid dienone is 2. The lowest BCUT2D eigenvalue weighted by Gasteiger charge is -2.22. The largest absolute Gasteiger partial charge is 0.474 e. The van der Waals surface area contributed by atoms with E-state index in [-0.39, 0.29) is 17.8 Å². The number of ketones is 1. The van der Waals surface area contributed by atoms with E-state index >= 15 is 0 Å². The van der Waals surface area contributed by atoms with Crippen molar-refractivity contribution in [2.24, 2.45) is 16.9 Å². The van der Waals surface area contributed by atoms with Crippen LogP contribution in [-0.4, -0.2) is 36.5 Å². The molecule has 25 heavy (non-hydrogen) atoms. The minimum atomic E-state index is -0.0396. The number of halogens is 1. The highest BCUT2D eigenvalue weighted by Crippen LogP contribution is 2.26. The number of nitrogens with one attached hydrogen (secondary N) is 2. The number of carbonyl (C=O) groups excluding carboxylic acids is 1. The van der Waals surface area contributed by atoms with Gasteiger partial charge in [-0.15, -0.1) is 0 Å². The van der Waals surface area contributed by atoms with Crippen molar-refractivity contribution < 1.29 is 9.53 Å². The smallest absolute Gasteiger partial charge is 0.204 e. The summed E-state index contributed by atoms with van der Waals surface area (Å²) in [5.41, 5.74) is 2.87. The van der Waals surface area contributed by atoms with E-state index in [0.29, 0.717) is 12.3 Å². The van der Waals surface area contributed by atoms with E-state index in [2.05, 4.69) is 38.4 Å². The van der Waals surface area contributed by atoms with E-state index in [4.69, 9.17) is 4.74 Å². The predicted octanol–water partition coefficient (Wildman–Crippen LogP) is 3.52. The molecule has 2 unspecified atom stereocenters. The minimum absolute atomic E-state index is 0.0115. The van der Waals surface area contributed by atoms with Crippen LogP contribution in [0.15, 0.2) is 29.7 Å². The molecule has 0 amide bonds. The third kappa shape index (κ3) is 7.74. The van der Waals surface area contributed by atoms with E-state index in [1.165, 1.54) is 38.2 Å². The molecule has 5 nitrogen and oxygen atoms in total. The van der Waals surface area contributed by atoms with Gasteiger partial charge in [-0.3, -0.25) is 4.79 Å². The van der Waals surface area contributed by atoms with Crippen molar-refractivity contribution in [1.29, 1.82) is 0 Å². The highest BCUT2D eigenvalue weighted by molar-refractivity contribution is 9.09. The molecule has 1 fully saturated rings. The summed E-state index contributed by atoms with van der Waals surface area (Å²) in [5, 5.41) is 8.37. The standard InChI is InChI=1S/C19H30BrN3O2/c1-2-17(24)11-16-12-19(23-22-14-16)25-18(13-20)8-10-21-9-7-15-5-3-4-6-15/h2,12,14-16,18,21,23H,1,3-11,13H2. The second kappa shape index (κ2) is 11.5. The maximum atomic E-state index is 11.5. The third-order valence-corrected chi connectivity index (χ3v) is 5.51. The third-order valence-electron chi connectivity index (χ3n) is 4.78. The minimum Gasteiger partial charge on any atom is -0.474 e. The van der Waals surface area contributed by atoms with Gasteiger partial charge >= 0.3 is 0 Å². The van der Waals surface area contributed by atoms with Crippen LogP contribution in [-0.2, 0) is 9.53 Å². The van der Waals surface area contributed by atoms with Gasteiger partial charge in [0.2, 0.25) is 5.88 Å². The van der Waals surface area contributed by atoms with Gasteiger partial charge in [-0.05, 0) is 44.0 Å². The summed E-state index contributed by atoms with van der Waals surface area (Å²) in [6, 6.07) is 0. The quantitative estimate of drug-likeness (QED) is 0.293. The highest BCUT2D eigenvalue weighted by atomic mass is 79.9. The molecule has 140 valence electrons. The summed E-state index contributed by atoms with van der Waals surface area (Å²) in [5.74, 6) is 1.53. The van der Waals surface area contributed by atoms with Crippen molar-refractivity contribution in [1.82, 2.24) is 10.7 Å². The van der Waals surface area contributed by atoms with Gasteiger partial charge in [-0.2, -0.15) is 5.10 Å². The van der Waals surface area contributed by atoms with Crippen molar-refractivity contribution in [3.8, 4) is 0 Å². The van der Waals surface area contributed by atoms with Crippen LogP contribution in [0.4, 0.5) is 0 Å². The molecule has 1 heterocycles. The Morgan fingerprint density at radius 3 is 3.00 bits per heavy atom. The summed E-state index contributed by atoms with van der Waals surface area (Å²) in [4.78, 5) is 11.5. The Kier molecular flexibility index (Phi) is 9.26. The van der Waals surface area contributed by atoms with Crippen molar-refractivity contribution >= 4 is 27.9 Å². The number of ether oxygens (including phenoxy) is 1. The molecule has 0 bridgehead atoms. The summed E-state index contributed by atoms with van der Waals surface area (Å²) in [6.07, 6.45) is 13.3. The topological polar surface area (TPSA) is 62.7 Å². The number of hydrazone groups is 1. The number of rotatable bonds is 12. The predicted molar refractivity (Wildman–Crippen MR) is 106 cm³/mol. The van der Waals surface area contributed by atoms with E-state index in [1.807, 2.05) is 6.08 Å². The second-order valence-electron chi connectivity index (χ2n) is 6.83. The monoisotopic (exact) mass is 411 g/mol. The number of hydrogen-bond donors (Lipinski definition) is 2. The van der Waals surface area contributed by atoms with Gasteiger partial charge in [0.15, 0.2) is 5.78 Å². The van der Waals surface area contributed by atoms with E-state index in [1.54, 1.807) is 6.21 Å². The molecule has 1 aliphatic heterocycles. The zero-order valence-corrected chi connectivity index (χ0v) is 16.5. The lowest BCUT2D eigenvalue weighted by Crippen LogP contribution is -2.28. The molecule has 0 aromatic carbocycles. The molecule has 1 aliphatic carbocycles. The molecule has 2 atom stereocenters. The fourth-order valence-corrected chi connectivity index (χ4v) is 3.76. The molecule has 6 heteroatoms. The maximum Gasteiger partial charge on any atom is 0.204 e. The first kappa shape index (κ1) is 20.2. The molecular formula is C19H30BrN3O2. The Hall–Kier alpha value is -1.14. The Morgan fingerprint density at radius 2 is 2.28 bits per heavy atom. The van der Waals surface area contributed by atoms with Crippen molar-refractivity contribution in [3.05, 3.63) is 24.6 Å². The second-order valence-corrected chi connectivity index (χ2v) is 7.48. The van der Waals surface area contributed by atoms with Crippen LogP contribution < -0.4 is 10.7 Å². The van der Waals surface area contributed by atoms with Crippen molar-refractivity contribution in [2.45, 2.75) is 51.0 Å². The highest BCUT2D eigenvalue weighted by Gasteiger charge is 2.17. The Balaban J connectivity index is 1.65. The zero-order valence-electron chi connectivity index (χ0n) is 14.9. The fraction of sp³-hybridized carbons (Fsp3) is 0.684. The number of carbonyl (C=O) groups is 1. The molecule has 0 radical (unpaired) electrons. The van der Waals surface area contributed by atoms with Crippen LogP contribution in [0.2, 0.25) is 0 Å². The van der Waals surface area contributed by atoms with Crippen molar-refractivity contribution in [3.63, 3.8) is 0 Å². The van der Waals surface area contributed by atoms with E-state index in [9.17, 15) is 4.79 Å².